The van der Waals surface area contributed by atoms with Crippen molar-refractivity contribution in [1.29, 1.82) is 10.5 Å². The van der Waals surface area contributed by atoms with E-state index >= 15 is 0 Å². The quantitative estimate of drug-likeness (QED) is 0.252. The summed E-state index contributed by atoms with van der Waals surface area (Å²) in [6.45, 7) is 0. The highest BCUT2D eigenvalue weighted by Crippen LogP contribution is 1.81. The molecular weight excluding hydrogens is 101 g/mol. The highest BCUT2D eigenvalue weighted by molar-refractivity contribution is 6.15. The predicted molar refractivity (Wildman–Crippen MR) is 18.9 cm³/mol. The van der Waals surface area contributed by atoms with Gasteiger partial charge in [0.2, 0.25) is 12.4 Å². The highest BCUT2D eigenvalue weighted by atomic mass is 35.5. The van der Waals surface area contributed by atoms with E-state index in [4.69, 9.17) is 22.3 Å². The van der Waals surface area contributed by atoms with Crippen molar-refractivity contribution in [3.8, 4) is 12.4 Å². The molecule has 0 aliphatic carbocycles. The fourth-order valence-electron chi connectivity index (χ4n) is 0.0224. The molecule has 0 radical (unpaired) electrons. The fraction of sp³-hybridized carbons (Fsp3) is 0. The Kier molecular flexibility index (Phi) is 1.96. The summed E-state index contributed by atoms with van der Waals surface area (Å²) in [7, 11) is 0. The van der Waals surface area contributed by atoms with E-state index in [9.17, 15) is 0 Å². The van der Waals surface area contributed by atoms with E-state index < -0.39 is 0 Å². The average Bonchev–Trinajstić information content (AvgIpc) is 1.65. The molecule has 0 bridgehead atoms. The van der Waals surface area contributed by atoms with Crippen LogP contribution in [-0.2, 0) is 0 Å². The lowest BCUT2D eigenvalue weighted by atomic mass is 11.2. The molecule has 0 rings (SSSR count). The number of hydrogen-bond acceptors (Lipinski definition) is 3. The predicted octanol–water partition coefficient (Wildman–Crippen LogP) is 0.404. The molecule has 0 N–H and O–H groups in total. The minimum Gasteiger partial charge on any atom is -0.170 e. The SMILES string of the molecule is N#CN(Cl)C#N. The molecular formula is C2ClN3. The molecule has 0 fully saturated rings. The molecule has 30 valence electrons. The van der Waals surface area contributed by atoms with E-state index in [2.05, 4.69) is 0 Å². The van der Waals surface area contributed by atoms with Gasteiger partial charge in [-0.15, -0.1) is 4.42 Å². The lowest BCUT2D eigenvalue weighted by molar-refractivity contribution is 0.876. The Morgan fingerprint density at radius 1 is 1.33 bits per heavy atom. The van der Waals surface area contributed by atoms with Crippen molar-refractivity contribution in [2.45, 2.75) is 0 Å². The van der Waals surface area contributed by atoms with Crippen molar-refractivity contribution in [2.75, 3.05) is 0 Å². The van der Waals surface area contributed by atoms with E-state index in [1.54, 1.807) is 0 Å². The van der Waals surface area contributed by atoms with Crippen LogP contribution in [0.5, 0.6) is 0 Å². The third kappa shape index (κ3) is 1.40. The summed E-state index contributed by atoms with van der Waals surface area (Å²) in [6.07, 6.45) is 2.70. The van der Waals surface area contributed by atoms with Crippen LogP contribution in [0.2, 0.25) is 0 Å². The summed E-state index contributed by atoms with van der Waals surface area (Å²) in [6, 6.07) is 0. The van der Waals surface area contributed by atoms with E-state index in [1.165, 1.54) is 12.4 Å². The minimum absolute atomic E-state index is 0.333. The Morgan fingerprint density at radius 3 is 1.67 bits per heavy atom. The second-order valence-electron chi connectivity index (χ2n) is 0.481. The van der Waals surface area contributed by atoms with Gasteiger partial charge in [0.25, 0.3) is 0 Å². The normalized spacial score (nSPS) is 5.17. The summed E-state index contributed by atoms with van der Waals surface area (Å²) in [5.41, 5.74) is 0. The van der Waals surface area contributed by atoms with Gasteiger partial charge in [-0.1, -0.05) is 0 Å². The molecule has 0 saturated heterocycles. The van der Waals surface area contributed by atoms with Gasteiger partial charge in [-0.2, -0.15) is 10.5 Å². The number of nitriles is 2. The molecule has 0 aromatic heterocycles. The van der Waals surface area contributed by atoms with Gasteiger partial charge in [-0.3, -0.25) is 0 Å². The summed E-state index contributed by atoms with van der Waals surface area (Å²) in [4.78, 5) is 0. The number of nitrogens with zero attached hydrogens (tertiary/aromatic N) is 3. The standard InChI is InChI=1S/C2ClN3/c3-6(1-4)2-5. The summed E-state index contributed by atoms with van der Waals surface area (Å²) < 4.78 is 0.333. The van der Waals surface area contributed by atoms with Crippen LogP contribution >= 0.6 is 11.8 Å². The molecule has 0 aromatic rings. The summed E-state index contributed by atoms with van der Waals surface area (Å²) in [5, 5.41) is 15.3. The largest absolute Gasteiger partial charge is 0.210 e. The zero-order chi connectivity index (χ0) is 4.99. The molecule has 0 atom stereocenters. The van der Waals surface area contributed by atoms with E-state index in [0.717, 1.165) is 0 Å². The first kappa shape index (κ1) is 5.07. The Bertz CT molecular complexity index is 92.9. The van der Waals surface area contributed by atoms with Gasteiger partial charge in [0, 0.05) is 11.8 Å². The average molecular weight is 101 g/mol. The molecule has 0 amide bonds. The van der Waals surface area contributed by atoms with Crippen LogP contribution in [0.4, 0.5) is 0 Å². The first-order valence-corrected chi connectivity index (χ1v) is 1.40. The van der Waals surface area contributed by atoms with Crippen molar-refractivity contribution in [3.05, 3.63) is 0 Å². The topological polar surface area (TPSA) is 50.8 Å². The molecule has 0 aliphatic heterocycles. The first-order valence-electron chi connectivity index (χ1n) is 1.06. The lowest BCUT2D eigenvalue weighted by Gasteiger charge is -1.78. The monoisotopic (exact) mass is 101 g/mol. The number of halogens is 1. The van der Waals surface area contributed by atoms with Gasteiger partial charge >= 0.3 is 0 Å². The molecule has 0 heterocycles. The second kappa shape index (κ2) is 2.32. The third-order valence-electron chi connectivity index (χ3n) is 0.176. The van der Waals surface area contributed by atoms with Gasteiger partial charge in [0.1, 0.15) is 0 Å². The van der Waals surface area contributed by atoms with Gasteiger partial charge in [0.15, 0.2) is 0 Å². The first-order chi connectivity index (χ1) is 2.81. The molecule has 6 heavy (non-hydrogen) atoms. The Labute approximate surface area is 40.1 Å². The van der Waals surface area contributed by atoms with Crippen molar-refractivity contribution in [1.82, 2.24) is 4.42 Å². The Morgan fingerprint density at radius 2 is 1.67 bits per heavy atom. The van der Waals surface area contributed by atoms with Crippen LogP contribution in [0.25, 0.3) is 0 Å². The van der Waals surface area contributed by atoms with Crippen LogP contribution in [0.15, 0.2) is 0 Å². The van der Waals surface area contributed by atoms with Crippen molar-refractivity contribution in [3.63, 3.8) is 0 Å². The van der Waals surface area contributed by atoms with E-state index in [1.807, 2.05) is 0 Å². The maximum absolute atomic E-state index is 7.66. The summed E-state index contributed by atoms with van der Waals surface area (Å²) >= 11 is 4.76. The van der Waals surface area contributed by atoms with E-state index in [-0.39, 0.29) is 0 Å². The van der Waals surface area contributed by atoms with Gasteiger partial charge in [-0.05, 0) is 0 Å². The maximum atomic E-state index is 7.66. The molecule has 0 saturated carbocycles. The van der Waals surface area contributed by atoms with Crippen LogP contribution < -0.4 is 0 Å². The number of rotatable bonds is 0. The van der Waals surface area contributed by atoms with Crippen LogP contribution in [0, 0.1) is 22.9 Å². The molecule has 4 heteroatoms. The van der Waals surface area contributed by atoms with Crippen LogP contribution in [-0.4, -0.2) is 4.42 Å². The molecule has 3 nitrogen and oxygen atoms in total. The molecule has 0 spiro atoms. The fourth-order valence-corrected chi connectivity index (χ4v) is 0.0224. The Balaban J connectivity index is 3.40. The third-order valence-corrected chi connectivity index (χ3v) is 0.327. The zero-order valence-electron chi connectivity index (χ0n) is 2.72. The van der Waals surface area contributed by atoms with Gasteiger partial charge in [-0.25, -0.2) is 0 Å². The van der Waals surface area contributed by atoms with Crippen LogP contribution in [0.3, 0.4) is 0 Å². The zero-order valence-corrected chi connectivity index (χ0v) is 3.48. The van der Waals surface area contributed by atoms with E-state index in [0.29, 0.717) is 4.42 Å². The minimum atomic E-state index is 0.333. The molecule has 0 unspecified atom stereocenters. The van der Waals surface area contributed by atoms with Gasteiger partial charge in [0.05, 0.1) is 0 Å². The second-order valence-corrected chi connectivity index (χ2v) is 0.819. The maximum Gasteiger partial charge on any atom is 0.210 e. The van der Waals surface area contributed by atoms with Crippen molar-refractivity contribution in [2.24, 2.45) is 0 Å². The smallest absolute Gasteiger partial charge is 0.170 e. The lowest BCUT2D eigenvalue weighted by Crippen LogP contribution is -1.88. The van der Waals surface area contributed by atoms with Crippen molar-refractivity contribution >= 4 is 11.8 Å². The highest BCUT2D eigenvalue weighted by Gasteiger charge is 1.83. The Hall–Kier alpha value is -0.930. The van der Waals surface area contributed by atoms with Gasteiger partial charge < -0.3 is 0 Å². The van der Waals surface area contributed by atoms with Crippen LogP contribution in [0.1, 0.15) is 0 Å². The number of hydrogen-bond donors (Lipinski definition) is 0. The molecule has 0 aliphatic rings. The molecule has 0 aromatic carbocycles. The summed E-state index contributed by atoms with van der Waals surface area (Å²) in [5.74, 6) is 0. The van der Waals surface area contributed by atoms with Crippen molar-refractivity contribution < 1.29 is 0 Å².